The van der Waals surface area contributed by atoms with Gasteiger partial charge in [0, 0.05) is 11.1 Å². The van der Waals surface area contributed by atoms with Crippen molar-refractivity contribution in [3.63, 3.8) is 0 Å². The SMILES string of the molecule is Cc1cc2c(cc1C)C(C(=NO)C(=O)c1ccccc1)=NC(C)(C)C2. The van der Waals surface area contributed by atoms with E-state index in [1.54, 1.807) is 24.3 Å². The third kappa shape index (κ3) is 3.25. The molecule has 2 aromatic rings. The zero-order valence-electron chi connectivity index (χ0n) is 15.0. The van der Waals surface area contributed by atoms with Gasteiger partial charge in [-0.1, -0.05) is 41.6 Å². The number of aliphatic imine (C=N–C) groups is 1. The number of oxime groups is 1. The molecule has 0 amide bonds. The van der Waals surface area contributed by atoms with Crippen LogP contribution in [0.15, 0.2) is 52.6 Å². The Morgan fingerprint density at radius 3 is 2.40 bits per heavy atom. The molecule has 2 aromatic carbocycles. The van der Waals surface area contributed by atoms with Crippen LogP contribution in [0.25, 0.3) is 0 Å². The van der Waals surface area contributed by atoms with Crippen molar-refractivity contribution >= 4 is 17.2 Å². The first kappa shape index (κ1) is 17.1. The van der Waals surface area contributed by atoms with Gasteiger partial charge in [0.2, 0.25) is 5.78 Å². The molecule has 1 aliphatic heterocycles. The molecule has 0 saturated carbocycles. The summed E-state index contributed by atoms with van der Waals surface area (Å²) < 4.78 is 0. The maximum Gasteiger partial charge on any atom is 0.216 e. The number of carbonyl (C=O) groups is 1. The Bertz CT molecular complexity index is 894. The van der Waals surface area contributed by atoms with Crippen LogP contribution in [-0.2, 0) is 6.42 Å². The number of ketones is 1. The largest absolute Gasteiger partial charge is 0.410 e. The maximum atomic E-state index is 12.9. The zero-order valence-corrected chi connectivity index (χ0v) is 15.0. The molecule has 0 fully saturated rings. The molecule has 1 N–H and O–H groups in total. The lowest BCUT2D eigenvalue weighted by molar-refractivity contribution is 0.106. The highest BCUT2D eigenvalue weighted by Crippen LogP contribution is 2.30. The molecule has 128 valence electrons. The predicted molar refractivity (Wildman–Crippen MR) is 100 cm³/mol. The Morgan fingerprint density at radius 2 is 1.76 bits per heavy atom. The molecule has 0 spiro atoms. The van der Waals surface area contributed by atoms with Gasteiger partial charge in [0.15, 0.2) is 5.71 Å². The lowest BCUT2D eigenvalue weighted by Gasteiger charge is -2.29. The Hall–Kier alpha value is -2.75. The lowest BCUT2D eigenvalue weighted by atomic mass is 9.83. The molecule has 0 aliphatic carbocycles. The predicted octanol–water partition coefficient (Wildman–Crippen LogP) is 4.14. The number of carbonyl (C=O) groups excluding carboxylic acids is 1. The molecule has 0 atom stereocenters. The minimum Gasteiger partial charge on any atom is -0.410 e. The lowest BCUT2D eigenvalue weighted by Crippen LogP contribution is -2.35. The van der Waals surface area contributed by atoms with Crippen molar-refractivity contribution in [3.8, 4) is 0 Å². The standard InChI is InChI=1S/C21H22N2O2/c1-13-10-16-12-21(3,4)22-18(17(16)11-14(13)2)19(23-25)20(24)15-8-6-5-7-9-15/h5-11,25H,12H2,1-4H3. The van der Waals surface area contributed by atoms with Crippen LogP contribution in [0.5, 0.6) is 0 Å². The fourth-order valence-corrected chi connectivity index (χ4v) is 3.22. The number of aryl methyl sites for hydroxylation is 2. The number of hydrogen-bond donors (Lipinski definition) is 1. The van der Waals surface area contributed by atoms with Gasteiger partial charge in [-0.15, -0.1) is 0 Å². The van der Waals surface area contributed by atoms with E-state index in [0.29, 0.717) is 11.3 Å². The first-order chi connectivity index (χ1) is 11.8. The number of nitrogens with zero attached hydrogens (tertiary/aromatic N) is 2. The molecule has 25 heavy (non-hydrogen) atoms. The summed E-state index contributed by atoms with van der Waals surface area (Å²) in [5.41, 5.74) is 4.89. The Morgan fingerprint density at radius 1 is 1.12 bits per heavy atom. The summed E-state index contributed by atoms with van der Waals surface area (Å²) in [6.07, 6.45) is 0.783. The number of benzene rings is 2. The maximum absolute atomic E-state index is 12.9. The van der Waals surface area contributed by atoms with Gasteiger partial charge in [0.25, 0.3) is 0 Å². The number of rotatable bonds is 3. The second-order valence-electron chi connectivity index (χ2n) is 7.19. The quantitative estimate of drug-likeness (QED) is 0.397. The molecule has 0 saturated heterocycles. The average molecular weight is 334 g/mol. The molecule has 3 rings (SSSR count). The third-order valence-electron chi connectivity index (χ3n) is 4.59. The van der Waals surface area contributed by atoms with Crippen LogP contribution in [0.4, 0.5) is 0 Å². The highest BCUT2D eigenvalue weighted by molar-refractivity contribution is 6.73. The summed E-state index contributed by atoms with van der Waals surface area (Å²) in [6, 6.07) is 13.0. The van der Waals surface area contributed by atoms with Crippen molar-refractivity contribution < 1.29 is 10.0 Å². The third-order valence-corrected chi connectivity index (χ3v) is 4.59. The summed E-state index contributed by atoms with van der Waals surface area (Å²) in [4.78, 5) is 17.6. The molecule has 0 unspecified atom stereocenters. The summed E-state index contributed by atoms with van der Waals surface area (Å²) in [7, 11) is 0. The highest BCUT2D eigenvalue weighted by Gasteiger charge is 2.32. The van der Waals surface area contributed by atoms with Gasteiger partial charge in [-0.25, -0.2) is 0 Å². The van der Waals surface area contributed by atoms with Crippen molar-refractivity contribution in [3.05, 3.63) is 70.3 Å². The van der Waals surface area contributed by atoms with E-state index in [1.165, 1.54) is 5.56 Å². The fourth-order valence-electron chi connectivity index (χ4n) is 3.22. The Labute approximate surface area is 147 Å². The van der Waals surface area contributed by atoms with Crippen LogP contribution in [0.2, 0.25) is 0 Å². The van der Waals surface area contributed by atoms with E-state index in [2.05, 4.69) is 18.1 Å². The monoisotopic (exact) mass is 334 g/mol. The van der Waals surface area contributed by atoms with E-state index >= 15 is 0 Å². The first-order valence-corrected chi connectivity index (χ1v) is 8.35. The zero-order chi connectivity index (χ0) is 18.2. The van der Waals surface area contributed by atoms with E-state index < -0.39 is 0 Å². The molecule has 4 heteroatoms. The highest BCUT2D eigenvalue weighted by atomic mass is 16.4. The van der Waals surface area contributed by atoms with Crippen LogP contribution in [0.3, 0.4) is 0 Å². The van der Waals surface area contributed by atoms with Crippen LogP contribution in [0.1, 0.15) is 46.5 Å². The molecule has 4 nitrogen and oxygen atoms in total. The van der Waals surface area contributed by atoms with Crippen molar-refractivity contribution in [1.82, 2.24) is 0 Å². The second kappa shape index (κ2) is 6.28. The van der Waals surface area contributed by atoms with Crippen molar-refractivity contribution in [1.29, 1.82) is 0 Å². The van der Waals surface area contributed by atoms with Crippen molar-refractivity contribution in [2.75, 3.05) is 0 Å². The number of fused-ring (bicyclic) bond motifs is 1. The van der Waals surface area contributed by atoms with Gasteiger partial charge < -0.3 is 5.21 Å². The van der Waals surface area contributed by atoms with Crippen molar-refractivity contribution in [2.24, 2.45) is 10.1 Å². The molecular weight excluding hydrogens is 312 g/mol. The van der Waals surface area contributed by atoms with Crippen molar-refractivity contribution in [2.45, 2.75) is 39.7 Å². The minimum absolute atomic E-state index is 0.0107. The van der Waals surface area contributed by atoms with Crippen LogP contribution >= 0.6 is 0 Å². The van der Waals surface area contributed by atoms with E-state index in [4.69, 9.17) is 4.99 Å². The number of hydrogen-bond acceptors (Lipinski definition) is 4. The molecule has 1 aliphatic rings. The van der Waals surface area contributed by atoms with Gasteiger partial charge in [-0.3, -0.25) is 9.79 Å². The topological polar surface area (TPSA) is 62.0 Å². The molecule has 0 aromatic heterocycles. The minimum atomic E-state index is -0.364. The Balaban J connectivity index is 2.15. The second-order valence-corrected chi connectivity index (χ2v) is 7.19. The van der Waals surface area contributed by atoms with E-state index in [1.807, 2.05) is 32.9 Å². The molecular formula is C21H22N2O2. The smallest absolute Gasteiger partial charge is 0.216 e. The molecule has 0 bridgehead atoms. The summed E-state index contributed by atoms with van der Waals surface area (Å²) in [5.74, 6) is -0.330. The summed E-state index contributed by atoms with van der Waals surface area (Å²) in [6.45, 7) is 8.15. The van der Waals surface area contributed by atoms with E-state index in [-0.39, 0.29) is 17.0 Å². The van der Waals surface area contributed by atoms with E-state index in [9.17, 15) is 10.0 Å². The van der Waals surface area contributed by atoms with Gasteiger partial charge in [0.05, 0.1) is 11.3 Å². The normalized spacial score (nSPS) is 16.2. The Kier molecular flexibility index (Phi) is 4.29. The number of Topliss-reactive ketones (excluding diaryl/α,β-unsaturated/α-hetero) is 1. The molecule has 0 radical (unpaired) electrons. The van der Waals surface area contributed by atoms with Gasteiger partial charge in [0.1, 0.15) is 0 Å². The summed E-state index contributed by atoms with van der Waals surface area (Å²) >= 11 is 0. The van der Waals surface area contributed by atoms with Gasteiger partial charge >= 0.3 is 0 Å². The average Bonchev–Trinajstić information content (AvgIpc) is 2.57. The van der Waals surface area contributed by atoms with Gasteiger partial charge in [-0.2, -0.15) is 0 Å². The van der Waals surface area contributed by atoms with Crippen LogP contribution < -0.4 is 0 Å². The van der Waals surface area contributed by atoms with Crippen LogP contribution in [-0.4, -0.2) is 28.0 Å². The fraction of sp³-hybridized carbons (Fsp3) is 0.286. The summed E-state index contributed by atoms with van der Waals surface area (Å²) in [5, 5.41) is 13.0. The molecule has 1 heterocycles. The van der Waals surface area contributed by atoms with E-state index in [0.717, 1.165) is 23.1 Å². The van der Waals surface area contributed by atoms with Crippen LogP contribution in [0, 0.1) is 13.8 Å². The van der Waals surface area contributed by atoms with Gasteiger partial charge in [-0.05, 0) is 56.9 Å². The first-order valence-electron chi connectivity index (χ1n) is 8.35.